The lowest BCUT2D eigenvalue weighted by Gasteiger charge is -2.40. The molecule has 5 heteroatoms. The number of aromatic nitrogens is 2. The average molecular weight is 253 g/mol. The van der Waals surface area contributed by atoms with Gasteiger partial charge in [-0.25, -0.2) is 0 Å². The van der Waals surface area contributed by atoms with E-state index in [0.29, 0.717) is 5.92 Å². The van der Waals surface area contributed by atoms with Crippen LogP contribution in [-0.4, -0.2) is 21.8 Å². The van der Waals surface area contributed by atoms with Crippen LogP contribution in [-0.2, 0) is 4.74 Å². The summed E-state index contributed by atoms with van der Waals surface area (Å²) in [5, 5.41) is 6.08. The molecular formula is C12H19N3OS. The normalized spacial score (nSPS) is 29.6. The Bertz CT molecular complexity index is 362. The molecule has 2 fully saturated rings. The zero-order valence-electron chi connectivity index (χ0n) is 9.97. The molecule has 1 saturated heterocycles. The molecule has 2 N–H and O–H groups in total. The van der Waals surface area contributed by atoms with Crippen molar-refractivity contribution in [3.05, 3.63) is 11.1 Å². The highest BCUT2D eigenvalue weighted by atomic mass is 32.1. The molecule has 2 unspecified atom stereocenters. The van der Waals surface area contributed by atoms with Crippen molar-refractivity contribution in [3.63, 3.8) is 0 Å². The molecule has 0 bridgehead atoms. The van der Waals surface area contributed by atoms with Crippen molar-refractivity contribution in [1.29, 1.82) is 0 Å². The van der Waals surface area contributed by atoms with E-state index in [9.17, 15) is 0 Å². The Morgan fingerprint density at radius 3 is 3.00 bits per heavy atom. The second kappa shape index (κ2) is 4.63. The summed E-state index contributed by atoms with van der Waals surface area (Å²) in [6, 6.07) is 0.0372. The summed E-state index contributed by atoms with van der Waals surface area (Å²) < 4.78 is 9.94. The fraction of sp³-hybridized carbons (Fsp3) is 0.833. The molecule has 2 atom stereocenters. The van der Waals surface area contributed by atoms with E-state index in [1.54, 1.807) is 0 Å². The molecule has 1 aromatic rings. The highest BCUT2D eigenvalue weighted by Gasteiger charge is 2.41. The number of ether oxygens (including phenoxy) is 1. The maximum Gasteiger partial charge on any atom is 0.0925 e. The lowest BCUT2D eigenvalue weighted by Crippen LogP contribution is -2.40. The average Bonchev–Trinajstić information content (AvgIpc) is 3.00. The predicted molar refractivity (Wildman–Crippen MR) is 66.7 cm³/mol. The SMILES string of the molecule is NC(c1csnn1)C1CCOC2(CCCC2)C1. The van der Waals surface area contributed by atoms with Gasteiger partial charge in [0.2, 0.25) is 0 Å². The predicted octanol–water partition coefficient (Wildman–Crippen LogP) is 2.28. The lowest BCUT2D eigenvalue weighted by atomic mass is 9.80. The molecule has 17 heavy (non-hydrogen) atoms. The van der Waals surface area contributed by atoms with Crippen molar-refractivity contribution in [2.75, 3.05) is 6.61 Å². The first-order valence-electron chi connectivity index (χ1n) is 6.46. The van der Waals surface area contributed by atoms with E-state index in [2.05, 4.69) is 9.59 Å². The lowest BCUT2D eigenvalue weighted by molar-refractivity contribution is -0.0965. The number of hydrogen-bond donors (Lipinski definition) is 1. The molecule has 1 spiro atoms. The van der Waals surface area contributed by atoms with Crippen molar-refractivity contribution >= 4 is 11.5 Å². The number of hydrogen-bond acceptors (Lipinski definition) is 5. The fourth-order valence-corrected chi connectivity index (χ4v) is 3.80. The fourth-order valence-electron chi connectivity index (χ4n) is 3.30. The van der Waals surface area contributed by atoms with Crippen molar-refractivity contribution in [1.82, 2.24) is 9.59 Å². The molecule has 0 aromatic carbocycles. The Morgan fingerprint density at radius 1 is 1.47 bits per heavy atom. The van der Waals surface area contributed by atoms with Gasteiger partial charge >= 0.3 is 0 Å². The Labute approximate surface area is 106 Å². The third kappa shape index (κ3) is 2.23. The van der Waals surface area contributed by atoms with Gasteiger partial charge in [-0.1, -0.05) is 17.3 Å². The first kappa shape index (κ1) is 11.6. The van der Waals surface area contributed by atoms with Gasteiger partial charge in [-0.2, -0.15) is 0 Å². The van der Waals surface area contributed by atoms with Gasteiger partial charge in [0.05, 0.1) is 17.3 Å². The van der Waals surface area contributed by atoms with Gasteiger partial charge in [0, 0.05) is 12.0 Å². The summed E-state index contributed by atoms with van der Waals surface area (Å²) in [6.07, 6.45) is 7.20. The molecule has 1 aliphatic heterocycles. The minimum absolute atomic E-state index is 0.0372. The quantitative estimate of drug-likeness (QED) is 0.878. The van der Waals surface area contributed by atoms with Crippen LogP contribution in [0.3, 0.4) is 0 Å². The van der Waals surface area contributed by atoms with Gasteiger partial charge in [0.15, 0.2) is 0 Å². The van der Waals surface area contributed by atoms with Crippen molar-refractivity contribution in [2.24, 2.45) is 11.7 Å². The van der Waals surface area contributed by atoms with E-state index in [0.717, 1.165) is 25.1 Å². The molecule has 1 saturated carbocycles. The highest BCUT2D eigenvalue weighted by Crippen LogP contribution is 2.44. The van der Waals surface area contributed by atoms with Crippen molar-refractivity contribution < 1.29 is 4.74 Å². The maximum absolute atomic E-state index is 6.31. The second-order valence-electron chi connectivity index (χ2n) is 5.35. The van der Waals surface area contributed by atoms with Crippen LogP contribution in [0.15, 0.2) is 5.38 Å². The van der Waals surface area contributed by atoms with Crippen LogP contribution in [0.2, 0.25) is 0 Å². The molecule has 2 heterocycles. The Morgan fingerprint density at radius 2 is 2.29 bits per heavy atom. The molecule has 1 aliphatic carbocycles. The third-order valence-electron chi connectivity index (χ3n) is 4.27. The molecule has 0 amide bonds. The highest BCUT2D eigenvalue weighted by molar-refractivity contribution is 7.03. The summed E-state index contributed by atoms with van der Waals surface area (Å²) >= 11 is 1.38. The number of nitrogens with two attached hydrogens (primary N) is 1. The summed E-state index contributed by atoms with van der Waals surface area (Å²) in [5.41, 5.74) is 7.41. The molecule has 1 aromatic heterocycles. The minimum Gasteiger partial charge on any atom is -0.375 e. The number of rotatable bonds is 2. The monoisotopic (exact) mass is 253 g/mol. The van der Waals surface area contributed by atoms with Gasteiger partial charge in [-0.3, -0.25) is 0 Å². The molecular weight excluding hydrogens is 234 g/mol. The maximum atomic E-state index is 6.31. The zero-order chi connectivity index (χ0) is 11.7. The van der Waals surface area contributed by atoms with Crippen LogP contribution in [0.25, 0.3) is 0 Å². The van der Waals surface area contributed by atoms with Crippen LogP contribution in [0.4, 0.5) is 0 Å². The summed E-state index contributed by atoms with van der Waals surface area (Å²) in [5.74, 6) is 0.505. The van der Waals surface area contributed by atoms with Crippen LogP contribution >= 0.6 is 11.5 Å². The standard InChI is InChI=1S/C12H19N3OS/c13-11(10-8-17-15-14-10)9-3-6-16-12(7-9)4-1-2-5-12/h8-9,11H,1-7,13H2. The van der Waals surface area contributed by atoms with Crippen LogP contribution in [0.1, 0.15) is 50.3 Å². The topological polar surface area (TPSA) is 61.0 Å². The van der Waals surface area contributed by atoms with E-state index in [-0.39, 0.29) is 11.6 Å². The molecule has 4 nitrogen and oxygen atoms in total. The summed E-state index contributed by atoms with van der Waals surface area (Å²) in [6.45, 7) is 0.857. The Kier molecular flexibility index (Phi) is 3.15. The van der Waals surface area contributed by atoms with E-state index < -0.39 is 0 Å². The van der Waals surface area contributed by atoms with Gasteiger partial charge in [-0.15, -0.1) is 5.10 Å². The third-order valence-corrected chi connectivity index (χ3v) is 4.79. The largest absolute Gasteiger partial charge is 0.375 e. The van der Waals surface area contributed by atoms with Crippen LogP contribution in [0.5, 0.6) is 0 Å². The summed E-state index contributed by atoms with van der Waals surface area (Å²) in [7, 11) is 0. The van der Waals surface area contributed by atoms with Gasteiger partial charge in [0.1, 0.15) is 0 Å². The Balaban J connectivity index is 1.71. The second-order valence-corrected chi connectivity index (χ2v) is 5.96. The summed E-state index contributed by atoms with van der Waals surface area (Å²) in [4.78, 5) is 0. The molecule has 0 radical (unpaired) electrons. The zero-order valence-corrected chi connectivity index (χ0v) is 10.8. The van der Waals surface area contributed by atoms with Crippen molar-refractivity contribution in [3.8, 4) is 0 Å². The molecule has 2 aliphatic rings. The van der Waals surface area contributed by atoms with E-state index in [1.165, 1.54) is 37.2 Å². The van der Waals surface area contributed by atoms with E-state index >= 15 is 0 Å². The van der Waals surface area contributed by atoms with E-state index in [4.69, 9.17) is 10.5 Å². The molecule has 3 rings (SSSR count). The smallest absolute Gasteiger partial charge is 0.0925 e. The van der Waals surface area contributed by atoms with Crippen LogP contribution in [0, 0.1) is 5.92 Å². The minimum atomic E-state index is 0.0372. The Hall–Kier alpha value is -0.520. The van der Waals surface area contributed by atoms with Crippen LogP contribution < -0.4 is 5.73 Å². The van der Waals surface area contributed by atoms with E-state index in [1.807, 2.05) is 5.38 Å². The first-order chi connectivity index (χ1) is 8.29. The molecule has 94 valence electrons. The van der Waals surface area contributed by atoms with Crippen molar-refractivity contribution in [2.45, 2.75) is 50.2 Å². The van der Waals surface area contributed by atoms with Gasteiger partial charge in [-0.05, 0) is 43.1 Å². The number of nitrogens with zero attached hydrogens (tertiary/aromatic N) is 2. The van der Waals surface area contributed by atoms with Gasteiger partial charge < -0.3 is 10.5 Å². The first-order valence-corrected chi connectivity index (χ1v) is 7.29. The van der Waals surface area contributed by atoms with Gasteiger partial charge in [0.25, 0.3) is 0 Å².